The summed E-state index contributed by atoms with van der Waals surface area (Å²) in [7, 11) is 2.06. The molecule has 6 heteroatoms. The smallest absolute Gasteiger partial charge is 0.239 e. The van der Waals surface area contributed by atoms with E-state index in [1.54, 1.807) is 12.5 Å². The molecule has 0 saturated carbocycles. The van der Waals surface area contributed by atoms with Crippen molar-refractivity contribution in [1.29, 1.82) is 0 Å². The van der Waals surface area contributed by atoms with Crippen molar-refractivity contribution in [2.75, 3.05) is 26.7 Å². The highest BCUT2D eigenvalue weighted by Gasteiger charge is 2.37. The minimum Gasteiger partial charge on any atom is -0.388 e. The fourth-order valence-electron chi connectivity index (χ4n) is 3.80. The van der Waals surface area contributed by atoms with Crippen LogP contribution in [0.2, 0.25) is 0 Å². The number of carbonyl (C=O) groups is 1. The maximum atomic E-state index is 12.8. The minimum atomic E-state index is -0.729. The Kier molecular flexibility index (Phi) is 5.02. The van der Waals surface area contributed by atoms with Gasteiger partial charge in [-0.25, -0.2) is 4.98 Å². The van der Waals surface area contributed by atoms with Gasteiger partial charge in [0, 0.05) is 25.5 Å². The number of aromatic nitrogens is 2. The molecular formula is C17H28N4O2. The van der Waals surface area contributed by atoms with E-state index in [-0.39, 0.29) is 11.9 Å². The number of piperidine rings is 1. The van der Waals surface area contributed by atoms with Crippen molar-refractivity contribution < 1.29 is 9.90 Å². The number of hydrogen-bond donors (Lipinski definition) is 1. The Morgan fingerprint density at radius 1 is 1.26 bits per heavy atom. The second-order valence-electron chi connectivity index (χ2n) is 7.13. The number of rotatable bonds is 3. The van der Waals surface area contributed by atoms with Crippen LogP contribution in [-0.2, 0) is 11.3 Å². The summed E-state index contributed by atoms with van der Waals surface area (Å²) in [6.45, 7) is 2.86. The molecule has 23 heavy (non-hydrogen) atoms. The molecule has 0 spiro atoms. The van der Waals surface area contributed by atoms with Crippen LogP contribution >= 0.6 is 0 Å². The SMILES string of the molecule is CN1CCCCC[C@H]1C(=O)N1CCC(O)(Cn2ccnc2)CC1. The predicted molar refractivity (Wildman–Crippen MR) is 87.9 cm³/mol. The number of likely N-dealkylation sites (N-methyl/N-ethyl adjacent to an activating group) is 1. The van der Waals surface area contributed by atoms with Crippen molar-refractivity contribution >= 4 is 5.91 Å². The molecule has 0 bridgehead atoms. The van der Waals surface area contributed by atoms with Gasteiger partial charge in [-0.2, -0.15) is 0 Å². The average Bonchev–Trinajstić information content (AvgIpc) is 2.93. The lowest BCUT2D eigenvalue weighted by Gasteiger charge is -2.40. The summed E-state index contributed by atoms with van der Waals surface area (Å²) in [5.41, 5.74) is -0.729. The van der Waals surface area contributed by atoms with Gasteiger partial charge in [-0.05, 0) is 39.3 Å². The Morgan fingerprint density at radius 3 is 2.74 bits per heavy atom. The Morgan fingerprint density at radius 2 is 2.04 bits per heavy atom. The molecule has 3 rings (SSSR count). The van der Waals surface area contributed by atoms with Crippen LogP contribution in [0, 0.1) is 0 Å². The first-order valence-electron chi connectivity index (χ1n) is 8.75. The van der Waals surface area contributed by atoms with Crippen molar-refractivity contribution in [1.82, 2.24) is 19.4 Å². The highest BCUT2D eigenvalue weighted by molar-refractivity contribution is 5.82. The van der Waals surface area contributed by atoms with Gasteiger partial charge in [-0.1, -0.05) is 12.8 Å². The van der Waals surface area contributed by atoms with Crippen LogP contribution in [0.3, 0.4) is 0 Å². The predicted octanol–water partition coefficient (Wildman–Crippen LogP) is 1.11. The molecule has 2 saturated heterocycles. The monoisotopic (exact) mass is 320 g/mol. The summed E-state index contributed by atoms with van der Waals surface area (Å²) in [4.78, 5) is 21.0. The molecule has 2 aliphatic rings. The molecule has 2 aliphatic heterocycles. The number of imidazole rings is 1. The Labute approximate surface area is 138 Å². The quantitative estimate of drug-likeness (QED) is 0.906. The third-order valence-corrected chi connectivity index (χ3v) is 5.35. The molecule has 1 amide bonds. The molecule has 0 aromatic carbocycles. The van der Waals surface area contributed by atoms with Crippen LogP contribution in [0.1, 0.15) is 38.5 Å². The normalized spacial score (nSPS) is 26.0. The van der Waals surface area contributed by atoms with E-state index >= 15 is 0 Å². The molecular weight excluding hydrogens is 292 g/mol. The number of likely N-dealkylation sites (tertiary alicyclic amines) is 2. The van der Waals surface area contributed by atoms with Crippen molar-refractivity contribution in [3.8, 4) is 0 Å². The number of aliphatic hydroxyl groups is 1. The summed E-state index contributed by atoms with van der Waals surface area (Å²) in [5.74, 6) is 0.249. The largest absolute Gasteiger partial charge is 0.388 e. The summed E-state index contributed by atoms with van der Waals surface area (Å²) in [6.07, 6.45) is 11.1. The zero-order valence-electron chi connectivity index (χ0n) is 14.0. The van der Waals surface area contributed by atoms with E-state index in [0.717, 1.165) is 19.4 Å². The van der Waals surface area contributed by atoms with Crippen LogP contribution in [0.25, 0.3) is 0 Å². The van der Waals surface area contributed by atoms with E-state index in [9.17, 15) is 9.90 Å². The highest BCUT2D eigenvalue weighted by Crippen LogP contribution is 2.26. The summed E-state index contributed by atoms with van der Waals surface area (Å²) in [5, 5.41) is 10.8. The van der Waals surface area contributed by atoms with Crippen molar-refractivity contribution in [3.63, 3.8) is 0 Å². The molecule has 3 heterocycles. The van der Waals surface area contributed by atoms with E-state index < -0.39 is 5.60 Å². The van der Waals surface area contributed by atoms with E-state index in [1.165, 1.54) is 12.8 Å². The second-order valence-corrected chi connectivity index (χ2v) is 7.13. The van der Waals surface area contributed by atoms with E-state index in [0.29, 0.717) is 32.5 Å². The Bertz CT molecular complexity index is 509. The number of hydrogen-bond acceptors (Lipinski definition) is 4. The molecule has 0 radical (unpaired) electrons. The first kappa shape index (κ1) is 16.5. The molecule has 2 fully saturated rings. The van der Waals surface area contributed by atoms with Gasteiger partial charge in [-0.3, -0.25) is 9.69 Å². The Hall–Kier alpha value is -1.40. The molecule has 1 aromatic heterocycles. The average molecular weight is 320 g/mol. The molecule has 0 unspecified atom stereocenters. The highest BCUT2D eigenvalue weighted by atomic mass is 16.3. The lowest BCUT2D eigenvalue weighted by atomic mass is 9.90. The van der Waals surface area contributed by atoms with Gasteiger partial charge in [0.25, 0.3) is 0 Å². The summed E-state index contributed by atoms with van der Waals surface area (Å²) >= 11 is 0. The third-order valence-electron chi connectivity index (χ3n) is 5.35. The number of carbonyl (C=O) groups excluding carboxylic acids is 1. The summed E-state index contributed by atoms with van der Waals surface area (Å²) < 4.78 is 1.91. The van der Waals surface area contributed by atoms with Gasteiger partial charge in [0.2, 0.25) is 5.91 Å². The van der Waals surface area contributed by atoms with Gasteiger partial charge in [-0.15, -0.1) is 0 Å². The van der Waals surface area contributed by atoms with Crippen LogP contribution < -0.4 is 0 Å². The number of nitrogens with zero attached hydrogens (tertiary/aromatic N) is 4. The Balaban J connectivity index is 1.56. The van der Waals surface area contributed by atoms with Gasteiger partial charge >= 0.3 is 0 Å². The van der Waals surface area contributed by atoms with Gasteiger partial charge in [0.15, 0.2) is 0 Å². The first-order valence-corrected chi connectivity index (χ1v) is 8.75. The van der Waals surface area contributed by atoms with Crippen LogP contribution in [-0.4, -0.2) is 68.7 Å². The van der Waals surface area contributed by atoms with Gasteiger partial charge in [0.05, 0.1) is 24.5 Å². The lowest BCUT2D eigenvalue weighted by Crippen LogP contribution is -2.53. The molecule has 128 valence electrons. The fraction of sp³-hybridized carbons (Fsp3) is 0.765. The molecule has 1 atom stereocenters. The molecule has 1 aromatic rings. The van der Waals surface area contributed by atoms with Crippen LogP contribution in [0.15, 0.2) is 18.7 Å². The fourth-order valence-corrected chi connectivity index (χ4v) is 3.80. The maximum Gasteiger partial charge on any atom is 0.239 e. The lowest BCUT2D eigenvalue weighted by molar-refractivity contribution is -0.141. The van der Waals surface area contributed by atoms with Crippen LogP contribution in [0.5, 0.6) is 0 Å². The molecule has 1 N–H and O–H groups in total. The summed E-state index contributed by atoms with van der Waals surface area (Å²) in [6, 6.07) is 0.0253. The van der Waals surface area contributed by atoms with E-state index in [1.807, 2.05) is 15.7 Å². The van der Waals surface area contributed by atoms with E-state index in [2.05, 4.69) is 16.9 Å². The number of amides is 1. The molecule has 6 nitrogen and oxygen atoms in total. The van der Waals surface area contributed by atoms with Crippen molar-refractivity contribution in [3.05, 3.63) is 18.7 Å². The zero-order valence-corrected chi connectivity index (χ0v) is 14.0. The molecule has 0 aliphatic carbocycles. The van der Waals surface area contributed by atoms with Crippen molar-refractivity contribution in [2.24, 2.45) is 0 Å². The van der Waals surface area contributed by atoms with E-state index in [4.69, 9.17) is 0 Å². The zero-order chi connectivity index (χ0) is 16.3. The minimum absolute atomic E-state index is 0.0253. The van der Waals surface area contributed by atoms with Crippen LogP contribution in [0.4, 0.5) is 0 Å². The third kappa shape index (κ3) is 3.93. The topological polar surface area (TPSA) is 61.6 Å². The van der Waals surface area contributed by atoms with Gasteiger partial charge in [0.1, 0.15) is 0 Å². The van der Waals surface area contributed by atoms with Crippen molar-refractivity contribution in [2.45, 2.75) is 56.7 Å². The maximum absolute atomic E-state index is 12.8. The first-order chi connectivity index (χ1) is 11.1. The standard InChI is InChI=1S/C17H28N4O2/c1-19-9-4-2-3-5-15(19)16(22)21-10-6-17(23,7-11-21)13-20-12-8-18-14-20/h8,12,14-15,23H,2-7,9-11,13H2,1H3/t15-/m0/s1. The second kappa shape index (κ2) is 7.01. The van der Waals surface area contributed by atoms with Gasteiger partial charge < -0.3 is 14.6 Å².